The third-order valence-electron chi connectivity index (χ3n) is 2.88. The molecule has 2 rings (SSSR count). The summed E-state index contributed by atoms with van der Waals surface area (Å²) < 4.78 is 19.1. The highest BCUT2D eigenvalue weighted by Gasteiger charge is 2.15. The van der Waals surface area contributed by atoms with E-state index in [2.05, 4.69) is 15.6 Å². The SMILES string of the molecule is CCCNc1c(F)cccc1C(=O)NCc1ncc(C)o1. The number of hydrogen-bond acceptors (Lipinski definition) is 4. The summed E-state index contributed by atoms with van der Waals surface area (Å²) in [5, 5.41) is 5.61. The van der Waals surface area contributed by atoms with Crippen LogP contribution in [0.1, 0.15) is 35.4 Å². The molecule has 5 nitrogen and oxygen atoms in total. The molecule has 21 heavy (non-hydrogen) atoms. The molecule has 2 N–H and O–H groups in total. The number of hydrogen-bond donors (Lipinski definition) is 2. The van der Waals surface area contributed by atoms with Crippen LogP contribution in [0.2, 0.25) is 0 Å². The normalized spacial score (nSPS) is 10.4. The molecule has 0 saturated heterocycles. The number of aryl methyl sites for hydroxylation is 1. The number of aromatic nitrogens is 1. The molecule has 112 valence electrons. The third kappa shape index (κ3) is 3.81. The maximum Gasteiger partial charge on any atom is 0.253 e. The van der Waals surface area contributed by atoms with Crippen molar-refractivity contribution in [1.82, 2.24) is 10.3 Å². The van der Waals surface area contributed by atoms with Crippen LogP contribution in [0.3, 0.4) is 0 Å². The molecule has 2 aromatic rings. The van der Waals surface area contributed by atoms with Gasteiger partial charge in [0.05, 0.1) is 24.0 Å². The number of nitrogens with zero attached hydrogens (tertiary/aromatic N) is 1. The Bertz CT molecular complexity index is 625. The van der Waals surface area contributed by atoms with Gasteiger partial charge in [-0.2, -0.15) is 0 Å². The van der Waals surface area contributed by atoms with E-state index in [0.717, 1.165) is 6.42 Å². The van der Waals surface area contributed by atoms with E-state index in [1.165, 1.54) is 12.1 Å². The van der Waals surface area contributed by atoms with Crippen molar-refractivity contribution in [3.63, 3.8) is 0 Å². The van der Waals surface area contributed by atoms with Crippen molar-refractivity contribution in [2.45, 2.75) is 26.8 Å². The highest BCUT2D eigenvalue weighted by molar-refractivity contribution is 5.99. The first-order valence-electron chi connectivity index (χ1n) is 6.83. The van der Waals surface area contributed by atoms with Gasteiger partial charge in [-0.1, -0.05) is 13.0 Å². The molecule has 0 saturated carbocycles. The van der Waals surface area contributed by atoms with E-state index < -0.39 is 5.82 Å². The first-order chi connectivity index (χ1) is 10.1. The summed E-state index contributed by atoms with van der Waals surface area (Å²) in [7, 11) is 0. The summed E-state index contributed by atoms with van der Waals surface area (Å²) in [6.45, 7) is 4.51. The Morgan fingerprint density at radius 3 is 2.90 bits per heavy atom. The number of halogens is 1. The molecule has 0 spiro atoms. The number of carbonyl (C=O) groups excluding carboxylic acids is 1. The van der Waals surface area contributed by atoms with E-state index in [1.54, 1.807) is 19.2 Å². The van der Waals surface area contributed by atoms with Crippen LogP contribution in [-0.2, 0) is 6.54 Å². The number of amides is 1. The lowest BCUT2D eigenvalue weighted by molar-refractivity contribution is 0.0947. The van der Waals surface area contributed by atoms with E-state index in [0.29, 0.717) is 18.2 Å². The second-order valence-electron chi connectivity index (χ2n) is 4.64. The number of para-hydroxylation sites is 1. The van der Waals surface area contributed by atoms with E-state index in [9.17, 15) is 9.18 Å². The number of rotatable bonds is 6. The van der Waals surface area contributed by atoms with Gasteiger partial charge in [0.2, 0.25) is 5.89 Å². The van der Waals surface area contributed by atoms with Gasteiger partial charge in [0, 0.05) is 6.54 Å². The lowest BCUT2D eigenvalue weighted by Crippen LogP contribution is -2.24. The van der Waals surface area contributed by atoms with Crippen LogP contribution in [-0.4, -0.2) is 17.4 Å². The standard InChI is InChI=1S/C15H18FN3O2/c1-3-7-17-14-11(5-4-6-12(14)16)15(20)19-9-13-18-8-10(2)21-13/h4-6,8,17H,3,7,9H2,1-2H3,(H,19,20). The van der Waals surface area contributed by atoms with Gasteiger partial charge >= 0.3 is 0 Å². The van der Waals surface area contributed by atoms with E-state index in [1.807, 2.05) is 6.92 Å². The Morgan fingerprint density at radius 1 is 1.43 bits per heavy atom. The summed E-state index contributed by atoms with van der Waals surface area (Å²) in [4.78, 5) is 16.2. The minimum atomic E-state index is -0.442. The summed E-state index contributed by atoms with van der Waals surface area (Å²) in [6.07, 6.45) is 2.42. The van der Waals surface area contributed by atoms with Gasteiger partial charge in [0.25, 0.3) is 5.91 Å². The lowest BCUT2D eigenvalue weighted by Gasteiger charge is -2.12. The fourth-order valence-corrected chi connectivity index (χ4v) is 1.88. The first-order valence-corrected chi connectivity index (χ1v) is 6.83. The maximum absolute atomic E-state index is 13.8. The molecule has 1 aromatic carbocycles. The summed E-state index contributed by atoms with van der Waals surface area (Å²) in [5.74, 6) is 0.280. The van der Waals surface area contributed by atoms with Crippen molar-refractivity contribution in [3.8, 4) is 0 Å². The van der Waals surface area contributed by atoms with Gasteiger partial charge in [-0.05, 0) is 25.5 Å². The molecular weight excluding hydrogens is 273 g/mol. The molecule has 0 radical (unpaired) electrons. The van der Waals surface area contributed by atoms with Gasteiger partial charge in [-0.3, -0.25) is 4.79 Å². The minimum Gasteiger partial charge on any atom is -0.444 e. The van der Waals surface area contributed by atoms with Crippen molar-refractivity contribution >= 4 is 11.6 Å². The predicted octanol–water partition coefficient (Wildman–Crippen LogP) is 2.87. The van der Waals surface area contributed by atoms with Crippen molar-refractivity contribution in [3.05, 3.63) is 47.4 Å². The Kier molecular flexibility index (Phi) is 4.92. The van der Waals surface area contributed by atoms with Gasteiger partial charge in [0.15, 0.2) is 0 Å². The van der Waals surface area contributed by atoms with Gasteiger partial charge in [-0.15, -0.1) is 0 Å². The van der Waals surface area contributed by atoms with Crippen molar-refractivity contribution in [2.75, 3.05) is 11.9 Å². The topological polar surface area (TPSA) is 67.2 Å². The van der Waals surface area contributed by atoms with Crippen LogP contribution in [0, 0.1) is 12.7 Å². The monoisotopic (exact) mass is 291 g/mol. The first kappa shape index (κ1) is 15.0. The van der Waals surface area contributed by atoms with Gasteiger partial charge in [0.1, 0.15) is 11.6 Å². The van der Waals surface area contributed by atoms with Crippen LogP contribution in [0.5, 0.6) is 0 Å². The number of benzene rings is 1. The smallest absolute Gasteiger partial charge is 0.253 e. The zero-order valence-corrected chi connectivity index (χ0v) is 12.1. The maximum atomic E-state index is 13.8. The molecule has 0 bridgehead atoms. The molecule has 0 unspecified atom stereocenters. The minimum absolute atomic E-state index is 0.163. The fourth-order valence-electron chi connectivity index (χ4n) is 1.88. The molecule has 1 amide bonds. The third-order valence-corrected chi connectivity index (χ3v) is 2.88. The van der Waals surface area contributed by atoms with Crippen LogP contribution in [0.25, 0.3) is 0 Å². The zero-order chi connectivity index (χ0) is 15.2. The molecule has 0 fully saturated rings. The van der Waals surface area contributed by atoms with E-state index in [4.69, 9.17) is 4.42 Å². The number of oxazole rings is 1. The quantitative estimate of drug-likeness (QED) is 0.858. The molecular formula is C15H18FN3O2. The van der Waals surface area contributed by atoms with Crippen molar-refractivity contribution in [2.24, 2.45) is 0 Å². The Labute approximate surface area is 122 Å². The molecule has 0 aliphatic rings. The molecule has 0 aliphatic carbocycles. The Hall–Kier alpha value is -2.37. The highest BCUT2D eigenvalue weighted by atomic mass is 19.1. The summed E-state index contributed by atoms with van der Waals surface area (Å²) in [5.41, 5.74) is 0.493. The van der Waals surface area contributed by atoms with Gasteiger partial charge < -0.3 is 15.1 Å². The Balaban J connectivity index is 2.09. The average molecular weight is 291 g/mol. The van der Waals surface area contributed by atoms with Crippen molar-refractivity contribution in [1.29, 1.82) is 0 Å². The molecule has 6 heteroatoms. The van der Waals surface area contributed by atoms with E-state index in [-0.39, 0.29) is 23.7 Å². The molecule has 1 heterocycles. The predicted molar refractivity (Wildman–Crippen MR) is 77.6 cm³/mol. The number of anilines is 1. The molecule has 0 atom stereocenters. The fraction of sp³-hybridized carbons (Fsp3) is 0.333. The zero-order valence-electron chi connectivity index (χ0n) is 12.1. The number of carbonyl (C=O) groups is 1. The van der Waals surface area contributed by atoms with Crippen LogP contribution in [0.15, 0.2) is 28.8 Å². The molecule has 1 aromatic heterocycles. The second kappa shape index (κ2) is 6.88. The van der Waals surface area contributed by atoms with Crippen LogP contribution < -0.4 is 10.6 Å². The van der Waals surface area contributed by atoms with Crippen LogP contribution >= 0.6 is 0 Å². The summed E-state index contributed by atoms with van der Waals surface area (Å²) in [6, 6.07) is 4.42. The number of nitrogens with one attached hydrogen (secondary N) is 2. The van der Waals surface area contributed by atoms with E-state index >= 15 is 0 Å². The largest absolute Gasteiger partial charge is 0.444 e. The van der Waals surface area contributed by atoms with Crippen LogP contribution in [0.4, 0.5) is 10.1 Å². The second-order valence-corrected chi connectivity index (χ2v) is 4.64. The van der Waals surface area contributed by atoms with Gasteiger partial charge in [-0.25, -0.2) is 9.37 Å². The summed E-state index contributed by atoms with van der Waals surface area (Å²) >= 11 is 0. The molecule has 0 aliphatic heterocycles. The highest BCUT2D eigenvalue weighted by Crippen LogP contribution is 2.20. The van der Waals surface area contributed by atoms with Crippen molar-refractivity contribution < 1.29 is 13.6 Å². The lowest BCUT2D eigenvalue weighted by atomic mass is 10.1. The average Bonchev–Trinajstić information content (AvgIpc) is 2.89. The Morgan fingerprint density at radius 2 is 2.24 bits per heavy atom.